The lowest BCUT2D eigenvalue weighted by Gasteiger charge is -2.12. The SMILES string of the molecule is CSc1ccc(C(=O)CCC(=O)OC(C)C(=O)c2c[nH]c3ccccc23)cc1. The van der Waals surface area contributed by atoms with Crippen molar-refractivity contribution >= 4 is 40.2 Å². The fourth-order valence-electron chi connectivity index (χ4n) is 2.94. The molecule has 3 aromatic rings. The van der Waals surface area contributed by atoms with Gasteiger partial charge in [-0.05, 0) is 31.4 Å². The summed E-state index contributed by atoms with van der Waals surface area (Å²) in [7, 11) is 0. The largest absolute Gasteiger partial charge is 0.454 e. The third-order valence-electron chi connectivity index (χ3n) is 4.50. The van der Waals surface area contributed by atoms with E-state index in [2.05, 4.69) is 4.98 Å². The molecule has 6 heteroatoms. The number of ether oxygens (including phenoxy) is 1. The van der Waals surface area contributed by atoms with E-state index >= 15 is 0 Å². The van der Waals surface area contributed by atoms with Gasteiger partial charge in [-0.2, -0.15) is 0 Å². The van der Waals surface area contributed by atoms with E-state index in [0.29, 0.717) is 11.1 Å². The van der Waals surface area contributed by atoms with Crippen molar-refractivity contribution in [3.8, 4) is 0 Å². The Morgan fingerprint density at radius 3 is 2.46 bits per heavy atom. The summed E-state index contributed by atoms with van der Waals surface area (Å²) in [4.78, 5) is 41.0. The van der Waals surface area contributed by atoms with Crippen LogP contribution in [0.15, 0.2) is 59.6 Å². The van der Waals surface area contributed by atoms with Crippen LogP contribution in [0.1, 0.15) is 40.5 Å². The molecule has 5 nitrogen and oxygen atoms in total. The van der Waals surface area contributed by atoms with E-state index in [4.69, 9.17) is 4.74 Å². The van der Waals surface area contributed by atoms with E-state index < -0.39 is 12.1 Å². The van der Waals surface area contributed by atoms with Gasteiger partial charge >= 0.3 is 5.97 Å². The third-order valence-corrected chi connectivity index (χ3v) is 5.24. The van der Waals surface area contributed by atoms with Gasteiger partial charge in [0.15, 0.2) is 11.9 Å². The molecule has 2 aromatic carbocycles. The lowest BCUT2D eigenvalue weighted by Crippen LogP contribution is -2.24. The van der Waals surface area contributed by atoms with Gasteiger partial charge in [0.1, 0.15) is 0 Å². The van der Waals surface area contributed by atoms with Crippen molar-refractivity contribution in [1.29, 1.82) is 0 Å². The smallest absolute Gasteiger partial charge is 0.306 e. The first kappa shape index (κ1) is 19.9. The van der Waals surface area contributed by atoms with Crippen molar-refractivity contribution in [3.63, 3.8) is 0 Å². The summed E-state index contributed by atoms with van der Waals surface area (Å²) in [6.45, 7) is 1.55. The number of aromatic nitrogens is 1. The van der Waals surface area contributed by atoms with Crippen molar-refractivity contribution in [1.82, 2.24) is 4.98 Å². The molecule has 0 saturated carbocycles. The van der Waals surface area contributed by atoms with Gasteiger partial charge in [-0.3, -0.25) is 14.4 Å². The Morgan fingerprint density at radius 2 is 1.75 bits per heavy atom. The van der Waals surface area contributed by atoms with Gasteiger partial charge in [0.25, 0.3) is 0 Å². The van der Waals surface area contributed by atoms with E-state index in [1.165, 1.54) is 0 Å². The Bertz CT molecular complexity index is 1010. The molecule has 1 unspecified atom stereocenters. The van der Waals surface area contributed by atoms with Crippen LogP contribution in [-0.4, -0.2) is 34.9 Å². The van der Waals surface area contributed by atoms with Gasteiger partial charge in [0.05, 0.1) is 6.42 Å². The van der Waals surface area contributed by atoms with Crippen LogP contribution < -0.4 is 0 Å². The van der Waals surface area contributed by atoms with Crippen LogP contribution in [0, 0.1) is 0 Å². The van der Waals surface area contributed by atoms with Crippen LogP contribution in [0.3, 0.4) is 0 Å². The zero-order valence-corrected chi connectivity index (χ0v) is 16.5. The summed E-state index contributed by atoms with van der Waals surface area (Å²) in [6, 6.07) is 14.7. The van der Waals surface area contributed by atoms with E-state index in [1.54, 1.807) is 37.0 Å². The van der Waals surface area contributed by atoms with Crippen LogP contribution in [0.2, 0.25) is 0 Å². The molecule has 0 bridgehead atoms. The van der Waals surface area contributed by atoms with E-state index in [9.17, 15) is 14.4 Å². The molecule has 144 valence electrons. The predicted molar refractivity (Wildman–Crippen MR) is 110 cm³/mol. The number of esters is 1. The van der Waals surface area contributed by atoms with Crippen molar-refractivity contribution in [3.05, 3.63) is 65.9 Å². The number of ketones is 2. The average molecular weight is 395 g/mol. The number of carbonyl (C=O) groups excluding carboxylic acids is 3. The molecule has 3 rings (SSSR count). The number of benzene rings is 2. The van der Waals surface area contributed by atoms with Gasteiger partial charge in [0.2, 0.25) is 5.78 Å². The monoisotopic (exact) mass is 395 g/mol. The highest BCUT2D eigenvalue weighted by Gasteiger charge is 2.22. The molecule has 0 fully saturated rings. The van der Waals surface area contributed by atoms with Crippen LogP contribution >= 0.6 is 11.8 Å². The Labute approximate surface area is 167 Å². The summed E-state index contributed by atoms with van der Waals surface area (Å²) in [6.07, 6.45) is 2.66. The molecule has 0 amide bonds. The minimum absolute atomic E-state index is 0.0471. The normalized spacial score (nSPS) is 11.9. The molecule has 0 aliphatic rings. The number of hydrogen-bond donors (Lipinski definition) is 1. The number of para-hydroxylation sites is 1. The Kier molecular flexibility index (Phi) is 6.31. The highest BCUT2D eigenvalue weighted by atomic mass is 32.2. The second-order valence-corrected chi connectivity index (χ2v) is 7.28. The van der Waals surface area contributed by atoms with Crippen LogP contribution in [0.25, 0.3) is 10.9 Å². The molecule has 1 aromatic heterocycles. The average Bonchev–Trinajstić information content (AvgIpc) is 3.15. The number of nitrogens with one attached hydrogen (secondary N) is 1. The maximum atomic E-state index is 12.6. The van der Waals surface area contributed by atoms with Gasteiger partial charge in [-0.15, -0.1) is 11.8 Å². The summed E-state index contributed by atoms with van der Waals surface area (Å²) < 4.78 is 5.25. The standard InChI is InChI=1S/C22H21NO4S/c1-14(22(26)18-13-23-19-6-4-3-5-17(18)19)27-21(25)12-11-20(24)15-7-9-16(28-2)10-8-15/h3-10,13-14,23H,11-12H2,1-2H3. The number of aromatic amines is 1. The Hall–Kier alpha value is -2.86. The molecule has 0 aliphatic heterocycles. The summed E-state index contributed by atoms with van der Waals surface area (Å²) in [5, 5.41) is 0.791. The van der Waals surface area contributed by atoms with Crippen LogP contribution in [0.5, 0.6) is 0 Å². The molecule has 1 N–H and O–H groups in total. The van der Waals surface area contributed by atoms with E-state index in [0.717, 1.165) is 15.8 Å². The summed E-state index contributed by atoms with van der Waals surface area (Å²) in [5.41, 5.74) is 1.90. The molecular weight excluding hydrogens is 374 g/mol. The first-order chi connectivity index (χ1) is 13.5. The predicted octanol–water partition coefficient (Wildman–Crippen LogP) is 4.67. The first-order valence-electron chi connectivity index (χ1n) is 8.96. The first-order valence-corrected chi connectivity index (χ1v) is 10.2. The molecule has 0 spiro atoms. The van der Waals surface area contributed by atoms with Gasteiger partial charge in [-0.1, -0.05) is 30.3 Å². The van der Waals surface area contributed by atoms with E-state index in [-0.39, 0.29) is 24.4 Å². The number of carbonyl (C=O) groups is 3. The zero-order chi connectivity index (χ0) is 20.1. The molecule has 0 aliphatic carbocycles. The minimum atomic E-state index is -0.914. The van der Waals surface area contributed by atoms with Gasteiger partial charge in [-0.25, -0.2) is 0 Å². The molecule has 0 saturated heterocycles. The molecule has 1 atom stereocenters. The van der Waals surface area contributed by atoms with Crippen molar-refractivity contribution in [2.24, 2.45) is 0 Å². The van der Waals surface area contributed by atoms with Gasteiger partial charge in [0, 0.05) is 39.5 Å². The maximum absolute atomic E-state index is 12.6. The molecule has 0 radical (unpaired) electrons. The molecular formula is C22H21NO4S. The second kappa shape index (κ2) is 8.89. The fourth-order valence-corrected chi connectivity index (χ4v) is 3.35. The van der Waals surface area contributed by atoms with Crippen LogP contribution in [0.4, 0.5) is 0 Å². The summed E-state index contributed by atoms with van der Waals surface area (Å²) in [5.74, 6) is -0.959. The second-order valence-electron chi connectivity index (χ2n) is 6.40. The minimum Gasteiger partial charge on any atom is -0.454 e. The maximum Gasteiger partial charge on any atom is 0.306 e. The number of thioether (sulfide) groups is 1. The highest BCUT2D eigenvalue weighted by Crippen LogP contribution is 2.20. The highest BCUT2D eigenvalue weighted by molar-refractivity contribution is 7.98. The Balaban J connectivity index is 1.55. The fraction of sp³-hybridized carbons (Fsp3) is 0.227. The number of hydrogen-bond acceptors (Lipinski definition) is 5. The quantitative estimate of drug-likeness (QED) is 0.341. The van der Waals surface area contributed by atoms with Crippen molar-refractivity contribution < 1.29 is 19.1 Å². The van der Waals surface area contributed by atoms with Crippen molar-refractivity contribution in [2.45, 2.75) is 30.8 Å². The molecule has 1 heterocycles. The van der Waals surface area contributed by atoms with Crippen molar-refractivity contribution in [2.75, 3.05) is 6.26 Å². The lowest BCUT2D eigenvalue weighted by atomic mass is 10.1. The zero-order valence-electron chi connectivity index (χ0n) is 15.7. The van der Waals surface area contributed by atoms with Gasteiger partial charge < -0.3 is 9.72 Å². The lowest BCUT2D eigenvalue weighted by molar-refractivity contribution is -0.146. The number of fused-ring (bicyclic) bond motifs is 1. The molecule has 28 heavy (non-hydrogen) atoms. The van der Waals surface area contributed by atoms with E-state index in [1.807, 2.05) is 42.7 Å². The van der Waals surface area contributed by atoms with Crippen LogP contribution in [-0.2, 0) is 9.53 Å². The number of rotatable bonds is 8. The number of H-pyrrole nitrogens is 1. The third kappa shape index (κ3) is 4.51. The topological polar surface area (TPSA) is 76.2 Å². The summed E-state index contributed by atoms with van der Waals surface area (Å²) >= 11 is 1.60. The Morgan fingerprint density at radius 1 is 1.04 bits per heavy atom. The number of Topliss-reactive ketones (excluding diaryl/α,β-unsaturated/α-hetero) is 2.